The molecule has 1 unspecified atom stereocenters. The Balaban J connectivity index is 1.66. The quantitative estimate of drug-likeness (QED) is 0.176. The minimum atomic E-state index is -1.68. The first-order valence-corrected chi connectivity index (χ1v) is 10.7. The number of rotatable bonds is 8. The van der Waals surface area contributed by atoms with Crippen molar-refractivity contribution in [1.82, 2.24) is 0 Å². The molecule has 13 nitrogen and oxygen atoms in total. The third-order valence-corrected chi connectivity index (χ3v) is 5.87. The number of nitrogens with two attached hydrogens (primary N) is 1. The Morgan fingerprint density at radius 3 is 1.97 bits per heavy atom. The summed E-state index contributed by atoms with van der Waals surface area (Å²) < 4.78 is 22.0. The van der Waals surface area contributed by atoms with Crippen molar-refractivity contribution in [2.24, 2.45) is 5.73 Å². The van der Waals surface area contributed by atoms with Gasteiger partial charge in [-0.05, 0) is 17.7 Å². The fourth-order valence-electron chi connectivity index (χ4n) is 3.77. The molecule has 13 heteroatoms. The number of hydrogen-bond acceptors (Lipinski definition) is 13. The van der Waals surface area contributed by atoms with Gasteiger partial charge in [-0.25, -0.2) is 0 Å². The Labute approximate surface area is 195 Å². The standard InChI is InChI=1S/C21H30N2O11/c22-5-9-1-3-10(4-2-9)11(6-23)32-21-19(30)17(28)15(26)13(34-21)8-31-20-18(29)16(27)14(25)12(7-24)33-20/h1-4,11-21,24-30H,6-8,23H2/t11?,12-,13-,14-,15-,16+,17+,18-,19-,20-,21-/m1/s1. The smallest absolute Gasteiger partial charge is 0.187 e. The van der Waals surface area contributed by atoms with Gasteiger partial charge in [0.1, 0.15) is 48.8 Å². The highest BCUT2D eigenvalue weighted by Crippen LogP contribution is 2.29. The summed E-state index contributed by atoms with van der Waals surface area (Å²) in [6.45, 7) is -1.15. The van der Waals surface area contributed by atoms with E-state index in [-0.39, 0.29) is 6.54 Å². The lowest BCUT2D eigenvalue weighted by Crippen LogP contribution is -2.61. The Bertz CT molecular complexity index is 820. The normalized spacial score (nSPS) is 39.4. The molecular weight excluding hydrogens is 456 g/mol. The second-order valence-corrected chi connectivity index (χ2v) is 8.14. The van der Waals surface area contributed by atoms with E-state index < -0.39 is 80.7 Å². The van der Waals surface area contributed by atoms with Gasteiger partial charge in [0, 0.05) is 6.54 Å². The Kier molecular flexibility index (Phi) is 9.29. The molecule has 9 N–H and O–H groups in total. The summed E-state index contributed by atoms with van der Waals surface area (Å²) in [5.41, 5.74) is 6.80. The molecule has 2 saturated heterocycles. The summed E-state index contributed by atoms with van der Waals surface area (Å²) in [5, 5.41) is 79.0. The molecule has 1 aromatic rings. The minimum absolute atomic E-state index is 0.0246. The number of aliphatic hydroxyl groups excluding tert-OH is 7. The largest absolute Gasteiger partial charge is 0.394 e. The van der Waals surface area contributed by atoms with Gasteiger partial charge in [-0.3, -0.25) is 0 Å². The van der Waals surface area contributed by atoms with E-state index in [0.717, 1.165) is 0 Å². The number of nitrogens with zero attached hydrogens (tertiary/aromatic N) is 1. The second-order valence-electron chi connectivity index (χ2n) is 8.14. The van der Waals surface area contributed by atoms with Gasteiger partial charge in [0.15, 0.2) is 12.6 Å². The average Bonchev–Trinajstić information content (AvgIpc) is 2.86. The highest BCUT2D eigenvalue weighted by Gasteiger charge is 2.47. The minimum Gasteiger partial charge on any atom is -0.394 e. The fraction of sp³-hybridized carbons (Fsp3) is 0.667. The lowest BCUT2D eigenvalue weighted by Gasteiger charge is -2.43. The molecule has 3 rings (SSSR count). The van der Waals surface area contributed by atoms with Crippen molar-refractivity contribution >= 4 is 0 Å². The third-order valence-electron chi connectivity index (χ3n) is 5.87. The molecule has 0 spiro atoms. The van der Waals surface area contributed by atoms with E-state index in [1.807, 2.05) is 6.07 Å². The zero-order chi connectivity index (χ0) is 25.0. The number of aliphatic hydroxyl groups is 7. The number of ether oxygens (including phenoxy) is 4. The average molecular weight is 486 g/mol. The van der Waals surface area contributed by atoms with E-state index in [0.29, 0.717) is 11.1 Å². The predicted molar refractivity (Wildman–Crippen MR) is 110 cm³/mol. The third kappa shape index (κ3) is 5.71. The molecule has 11 atom stereocenters. The Morgan fingerprint density at radius 1 is 0.853 bits per heavy atom. The summed E-state index contributed by atoms with van der Waals surface area (Å²) in [7, 11) is 0. The molecular formula is C21H30N2O11. The topological polar surface area (TPSA) is 228 Å². The van der Waals surface area contributed by atoms with Crippen molar-refractivity contribution in [2.75, 3.05) is 19.8 Å². The molecule has 0 amide bonds. The van der Waals surface area contributed by atoms with Crippen molar-refractivity contribution in [1.29, 1.82) is 5.26 Å². The number of benzene rings is 1. The van der Waals surface area contributed by atoms with Crippen LogP contribution in [-0.4, -0.2) is 117 Å². The first-order chi connectivity index (χ1) is 16.2. The van der Waals surface area contributed by atoms with Crippen molar-refractivity contribution < 1.29 is 54.7 Å². The molecule has 2 aliphatic heterocycles. The maximum atomic E-state index is 10.4. The molecule has 34 heavy (non-hydrogen) atoms. The molecule has 0 saturated carbocycles. The van der Waals surface area contributed by atoms with Gasteiger partial charge < -0.3 is 60.4 Å². The van der Waals surface area contributed by atoms with E-state index in [9.17, 15) is 35.7 Å². The van der Waals surface area contributed by atoms with Crippen molar-refractivity contribution in [2.45, 2.75) is 67.5 Å². The first-order valence-electron chi connectivity index (χ1n) is 10.7. The Hall–Kier alpha value is -1.77. The lowest BCUT2D eigenvalue weighted by molar-refractivity contribution is -0.335. The highest BCUT2D eigenvalue weighted by atomic mass is 16.7. The molecule has 190 valence electrons. The fourth-order valence-corrected chi connectivity index (χ4v) is 3.77. The molecule has 2 aliphatic rings. The number of hydrogen-bond donors (Lipinski definition) is 8. The molecule has 0 bridgehead atoms. The van der Waals surface area contributed by atoms with Crippen molar-refractivity contribution in [3.05, 3.63) is 35.4 Å². The van der Waals surface area contributed by atoms with Crippen LogP contribution in [0, 0.1) is 11.3 Å². The molecule has 2 fully saturated rings. The van der Waals surface area contributed by atoms with Crippen LogP contribution in [0.2, 0.25) is 0 Å². The zero-order valence-electron chi connectivity index (χ0n) is 18.1. The van der Waals surface area contributed by atoms with Crippen LogP contribution in [0.25, 0.3) is 0 Å². The maximum Gasteiger partial charge on any atom is 0.187 e. The van der Waals surface area contributed by atoms with Crippen LogP contribution in [0.4, 0.5) is 0 Å². The lowest BCUT2D eigenvalue weighted by atomic mass is 9.98. The van der Waals surface area contributed by atoms with Gasteiger partial charge in [0.05, 0.1) is 31.0 Å². The van der Waals surface area contributed by atoms with E-state index in [2.05, 4.69) is 0 Å². The summed E-state index contributed by atoms with van der Waals surface area (Å²) in [6, 6.07) is 8.36. The highest BCUT2D eigenvalue weighted by molar-refractivity contribution is 5.32. The van der Waals surface area contributed by atoms with Crippen LogP contribution in [0.15, 0.2) is 24.3 Å². The molecule has 0 aromatic heterocycles. The van der Waals surface area contributed by atoms with Crippen molar-refractivity contribution in [3.63, 3.8) is 0 Å². The van der Waals surface area contributed by atoms with Gasteiger partial charge in [-0.15, -0.1) is 0 Å². The Morgan fingerprint density at radius 2 is 1.41 bits per heavy atom. The molecule has 0 radical (unpaired) electrons. The summed E-state index contributed by atoms with van der Waals surface area (Å²) >= 11 is 0. The van der Waals surface area contributed by atoms with E-state index in [1.54, 1.807) is 24.3 Å². The molecule has 0 aliphatic carbocycles. The summed E-state index contributed by atoms with van der Waals surface area (Å²) in [6.07, 6.45) is -15.9. The van der Waals surface area contributed by atoms with Gasteiger partial charge in [0.25, 0.3) is 0 Å². The SMILES string of the molecule is N#Cc1ccc(C(CN)O[C@@H]2O[C@H](CO[C@@H]3O[C@H](CO)[C@@H](O)[C@H](O)[C@H]3O)[C@@H](O)[C@H](O)[C@H]2O)cc1. The van der Waals surface area contributed by atoms with Gasteiger partial charge in [-0.1, -0.05) is 12.1 Å². The van der Waals surface area contributed by atoms with Crippen LogP contribution in [0.5, 0.6) is 0 Å². The summed E-state index contributed by atoms with van der Waals surface area (Å²) in [4.78, 5) is 0. The van der Waals surface area contributed by atoms with Crippen molar-refractivity contribution in [3.8, 4) is 6.07 Å². The van der Waals surface area contributed by atoms with Crippen LogP contribution in [0.3, 0.4) is 0 Å². The monoisotopic (exact) mass is 486 g/mol. The van der Waals surface area contributed by atoms with E-state index in [4.69, 9.17) is 29.9 Å². The number of nitriles is 1. The van der Waals surface area contributed by atoms with Gasteiger partial charge in [0.2, 0.25) is 0 Å². The van der Waals surface area contributed by atoms with E-state index in [1.165, 1.54) is 0 Å². The predicted octanol–water partition coefficient (Wildman–Crippen LogP) is -3.80. The second kappa shape index (κ2) is 11.8. The first kappa shape index (κ1) is 26.8. The van der Waals surface area contributed by atoms with Crippen LogP contribution >= 0.6 is 0 Å². The van der Waals surface area contributed by atoms with Crippen LogP contribution in [-0.2, 0) is 18.9 Å². The summed E-state index contributed by atoms with van der Waals surface area (Å²) in [5.74, 6) is 0. The van der Waals surface area contributed by atoms with E-state index >= 15 is 0 Å². The molecule has 1 aromatic carbocycles. The zero-order valence-corrected chi connectivity index (χ0v) is 18.1. The van der Waals surface area contributed by atoms with Gasteiger partial charge in [-0.2, -0.15) is 5.26 Å². The van der Waals surface area contributed by atoms with Gasteiger partial charge >= 0.3 is 0 Å². The molecule has 2 heterocycles. The van der Waals surface area contributed by atoms with Crippen LogP contribution < -0.4 is 5.73 Å². The maximum absolute atomic E-state index is 10.4. The van der Waals surface area contributed by atoms with Crippen LogP contribution in [0.1, 0.15) is 17.2 Å².